The molecule has 158 valence electrons. The molecule has 0 saturated heterocycles. The highest BCUT2D eigenvalue weighted by Gasteiger charge is 2.20. The highest BCUT2D eigenvalue weighted by molar-refractivity contribution is 7.93. The van der Waals surface area contributed by atoms with Crippen LogP contribution < -0.4 is 10.1 Å². The Morgan fingerprint density at radius 3 is 2.73 bits per heavy atom. The van der Waals surface area contributed by atoms with Gasteiger partial charge < -0.3 is 14.8 Å². The first-order valence-electron chi connectivity index (χ1n) is 9.38. The summed E-state index contributed by atoms with van der Waals surface area (Å²) < 4.78 is 33.9. The first-order valence-corrected chi connectivity index (χ1v) is 11.3. The number of aromatic nitrogens is 2. The molecule has 0 fully saturated rings. The molecule has 1 aromatic heterocycles. The summed E-state index contributed by atoms with van der Waals surface area (Å²) in [5, 5.41) is 3.75. The third-order valence-corrected chi connectivity index (χ3v) is 4.78. The molecule has 2 aromatic rings. The molecule has 1 aromatic carbocycles. The summed E-state index contributed by atoms with van der Waals surface area (Å²) in [6.45, 7) is 2.70. The van der Waals surface area contributed by atoms with Crippen molar-refractivity contribution in [2.45, 2.75) is 19.4 Å². The maximum Gasteiger partial charge on any atom is 0.258 e. The predicted molar refractivity (Wildman–Crippen MR) is 113 cm³/mol. The third-order valence-electron chi connectivity index (χ3n) is 4.13. The molecule has 1 atom stereocenters. The van der Waals surface area contributed by atoms with Gasteiger partial charge in [0.1, 0.15) is 11.3 Å². The van der Waals surface area contributed by atoms with Crippen LogP contribution in [0.4, 0.5) is 0 Å². The highest BCUT2D eigenvalue weighted by Crippen LogP contribution is 2.25. The van der Waals surface area contributed by atoms with Crippen LogP contribution in [-0.2, 0) is 14.6 Å². The minimum Gasteiger partial charge on any atom is -0.438 e. The maximum atomic E-state index is 12.8. The molecule has 1 amide bonds. The molecule has 9 heteroatoms. The van der Waals surface area contributed by atoms with Crippen LogP contribution in [0.5, 0.6) is 11.6 Å². The van der Waals surface area contributed by atoms with E-state index in [-0.39, 0.29) is 11.4 Å². The second-order valence-corrected chi connectivity index (χ2v) is 8.75. The fourth-order valence-electron chi connectivity index (χ4n) is 2.66. The van der Waals surface area contributed by atoms with Crippen LogP contribution in [0.1, 0.15) is 29.5 Å². The van der Waals surface area contributed by atoms with Gasteiger partial charge in [0.2, 0.25) is 5.88 Å². The Morgan fingerprint density at radius 1 is 1.30 bits per heavy atom. The van der Waals surface area contributed by atoms with Gasteiger partial charge in [-0.1, -0.05) is 30.4 Å². The van der Waals surface area contributed by atoms with Crippen LogP contribution in [-0.4, -0.2) is 49.8 Å². The Hall–Kier alpha value is -3.04. The summed E-state index contributed by atoms with van der Waals surface area (Å²) in [6, 6.07) is 8.46. The SMILES string of the molecule is CC(C=CS(C)(=O)=O)NC(=O)c1cnc(C2=CCCOC2)nc1Oc1ccccc1. The van der Waals surface area contributed by atoms with E-state index in [4.69, 9.17) is 9.47 Å². The van der Waals surface area contributed by atoms with Crippen molar-refractivity contribution in [1.29, 1.82) is 0 Å². The number of hydrogen-bond acceptors (Lipinski definition) is 7. The lowest BCUT2D eigenvalue weighted by molar-refractivity contribution is 0.0943. The lowest BCUT2D eigenvalue weighted by Gasteiger charge is -2.16. The smallest absolute Gasteiger partial charge is 0.258 e. The van der Waals surface area contributed by atoms with Crippen LogP contribution in [0.3, 0.4) is 0 Å². The largest absolute Gasteiger partial charge is 0.438 e. The monoisotopic (exact) mass is 429 g/mol. The molecule has 1 aliphatic rings. The van der Waals surface area contributed by atoms with Gasteiger partial charge in [0.25, 0.3) is 5.91 Å². The van der Waals surface area contributed by atoms with Gasteiger partial charge in [0, 0.05) is 29.5 Å². The number of nitrogens with one attached hydrogen (secondary N) is 1. The molecule has 2 heterocycles. The molecule has 1 N–H and O–H groups in total. The Labute approximate surface area is 175 Å². The normalized spacial score (nSPS) is 15.5. The fourth-order valence-corrected chi connectivity index (χ4v) is 3.18. The summed E-state index contributed by atoms with van der Waals surface area (Å²) in [7, 11) is -3.29. The van der Waals surface area contributed by atoms with E-state index in [1.165, 1.54) is 12.3 Å². The topological polar surface area (TPSA) is 107 Å². The summed E-state index contributed by atoms with van der Waals surface area (Å²) in [6.07, 6.45) is 6.64. The van der Waals surface area contributed by atoms with Crippen molar-refractivity contribution in [2.24, 2.45) is 0 Å². The Bertz CT molecular complexity index is 1070. The van der Waals surface area contributed by atoms with Gasteiger partial charge in [0.15, 0.2) is 15.7 Å². The van der Waals surface area contributed by atoms with Crippen LogP contribution in [0.15, 0.2) is 54.1 Å². The standard InChI is InChI=1S/C21H23N3O5S/c1-15(10-12-30(2,26)27)23-20(25)18-13-22-19(16-7-6-11-28-14-16)24-21(18)29-17-8-4-3-5-9-17/h3-5,7-10,12-13,15H,6,11,14H2,1-2H3,(H,23,25). The van der Waals surface area contributed by atoms with E-state index in [0.717, 1.165) is 23.7 Å². The van der Waals surface area contributed by atoms with Gasteiger partial charge in [-0.25, -0.2) is 13.4 Å². The van der Waals surface area contributed by atoms with E-state index in [1.807, 2.05) is 24.3 Å². The molecule has 0 spiro atoms. The van der Waals surface area contributed by atoms with E-state index in [1.54, 1.807) is 19.1 Å². The number of benzene rings is 1. The summed E-state index contributed by atoms with van der Waals surface area (Å²) in [5.74, 6) is 0.582. The third kappa shape index (κ3) is 6.23. The molecular weight excluding hydrogens is 406 g/mol. The number of carbonyl (C=O) groups excluding carboxylic acids is 1. The number of sulfone groups is 1. The van der Waals surface area contributed by atoms with Crippen LogP contribution in [0.2, 0.25) is 0 Å². The molecular formula is C21H23N3O5S. The molecule has 1 unspecified atom stereocenters. The van der Waals surface area contributed by atoms with Crippen LogP contribution >= 0.6 is 0 Å². The van der Waals surface area contributed by atoms with Gasteiger partial charge in [-0.2, -0.15) is 4.98 Å². The van der Waals surface area contributed by atoms with Gasteiger partial charge >= 0.3 is 0 Å². The lowest BCUT2D eigenvalue weighted by atomic mass is 10.1. The summed E-state index contributed by atoms with van der Waals surface area (Å²) in [5.41, 5.74) is 0.968. The molecule has 0 saturated carbocycles. The maximum absolute atomic E-state index is 12.8. The number of amides is 1. The average Bonchev–Trinajstić information content (AvgIpc) is 2.73. The minimum atomic E-state index is -3.29. The molecule has 30 heavy (non-hydrogen) atoms. The predicted octanol–water partition coefficient (Wildman–Crippen LogP) is 2.75. The van der Waals surface area contributed by atoms with Gasteiger partial charge in [-0.15, -0.1) is 0 Å². The molecule has 0 aliphatic carbocycles. The van der Waals surface area contributed by atoms with Crippen molar-refractivity contribution in [3.63, 3.8) is 0 Å². The van der Waals surface area contributed by atoms with E-state index < -0.39 is 21.8 Å². The van der Waals surface area contributed by atoms with E-state index in [2.05, 4.69) is 15.3 Å². The zero-order valence-corrected chi connectivity index (χ0v) is 17.6. The molecule has 0 bridgehead atoms. The Balaban J connectivity index is 1.89. The van der Waals surface area contributed by atoms with E-state index >= 15 is 0 Å². The van der Waals surface area contributed by atoms with Crippen molar-refractivity contribution in [1.82, 2.24) is 15.3 Å². The number of hydrogen-bond donors (Lipinski definition) is 1. The zero-order chi connectivity index (χ0) is 21.6. The summed E-state index contributed by atoms with van der Waals surface area (Å²) >= 11 is 0. The Morgan fingerprint density at radius 2 is 2.07 bits per heavy atom. The van der Waals surface area contributed by atoms with Gasteiger partial charge in [-0.05, 0) is 25.5 Å². The van der Waals surface area contributed by atoms with Crippen molar-refractivity contribution in [2.75, 3.05) is 19.5 Å². The number of rotatable bonds is 7. The number of ether oxygens (including phenoxy) is 2. The second kappa shape index (κ2) is 9.64. The zero-order valence-electron chi connectivity index (χ0n) is 16.7. The number of nitrogens with zero attached hydrogens (tertiary/aromatic N) is 2. The molecule has 0 radical (unpaired) electrons. The summed E-state index contributed by atoms with van der Waals surface area (Å²) in [4.78, 5) is 21.5. The van der Waals surface area contributed by atoms with Gasteiger partial charge in [-0.3, -0.25) is 4.79 Å². The van der Waals surface area contributed by atoms with Crippen molar-refractivity contribution >= 4 is 21.3 Å². The van der Waals surface area contributed by atoms with Crippen molar-refractivity contribution in [3.8, 4) is 11.6 Å². The van der Waals surface area contributed by atoms with E-state index in [0.29, 0.717) is 24.8 Å². The second-order valence-electron chi connectivity index (χ2n) is 6.82. The first-order chi connectivity index (χ1) is 14.3. The fraction of sp³-hybridized carbons (Fsp3) is 0.286. The molecule has 8 nitrogen and oxygen atoms in total. The lowest BCUT2D eigenvalue weighted by Crippen LogP contribution is -2.31. The molecule has 3 rings (SSSR count). The first kappa shape index (κ1) is 21.7. The Kier molecular flexibility index (Phi) is 6.96. The van der Waals surface area contributed by atoms with Crippen LogP contribution in [0.25, 0.3) is 5.57 Å². The van der Waals surface area contributed by atoms with Crippen LogP contribution in [0, 0.1) is 0 Å². The average molecular weight is 429 g/mol. The minimum absolute atomic E-state index is 0.106. The highest BCUT2D eigenvalue weighted by atomic mass is 32.2. The number of para-hydroxylation sites is 1. The van der Waals surface area contributed by atoms with Crippen molar-refractivity contribution in [3.05, 3.63) is 65.5 Å². The van der Waals surface area contributed by atoms with E-state index in [9.17, 15) is 13.2 Å². The van der Waals surface area contributed by atoms with Crippen molar-refractivity contribution < 1.29 is 22.7 Å². The molecule has 1 aliphatic heterocycles. The number of carbonyl (C=O) groups is 1. The van der Waals surface area contributed by atoms with Gasteiger partial charge in [0.05, 0.1) is 13.2 Å². The quantitative estimate of drug-likeness (QED) is 0.721.